The average molecular weight is 253 g/mol. The Kier molecular flexibility index (Phi) is 4.38. The fraction of sp³-hybridized carbons (Fsp3) is 0.312. The molecule has 2 rings (SSSR count). The normalized spacial score (nSPS) is 10.6. The molecule has 1 N–H and O–H groups in total. The number of hydrogen-bond donors (Lipinski definition) is 1. The van der Waals surface area contributed by atoms with E-state index in [1.165, 1.54) is 11.3 Å². The Hall–Kier alpha value is -2.05. The number of nitrogens with one attached hydrogen (secondary N) is 1. The molecule has 0 atom stereocenters. The lowest BCUT2D eigenvalue weighted by Crippen LogP contribution is -2.23. The summed E-state index contributed by atoms with van der Waals surface area (Å²) in [5, 5.41) is 12.2. The van der Waals surface area contributed by atoms with Crippen molar-refractivity contribution in [3.8, 4) is 6.07 Å². The smallest absolute Gasteiger partial charge is 0.0991 e. The van der Waals surface area contributed by atoms with Gasteiger partial charge in [-0.1, -0.05) is 26.0 Å². The topological polar surface area (TPSA) is 40.8 Å². The lowest BCUT2D eigenvalue weighted by Gasteiger charge is -2.12. The molecule has 0 unspecified atom stereocenters. The number of nitrogens with zero attached hydrogens (tertiary/aromatic N) is 2. The van der Waals surface area contributed by atoms with Gasteiger partial charge in [-0.25, -0.2) is 0 Å². The molecule has 3 nitrogen and oxygen atoms in total. The molecule has 0 amide bonds. The van der Waals surface area contributed by atoms with Crippen LogP contribution in [0.2, 0.25) is 0 Å². The summed E-state index contributed by atoms with van der Waals surface area (Å²) in [5.41, 5.74) is 3.19. The lowest BCUT2D eigenvalue weighted by atomic mass is 10.1. The highest BCUT2D eigenvalue weighted by atomic mass is 15.0. The van der Waals surface area contributed by atoms with E-state index >= 15 is 0 Å². The molecule has 0 fully saturated rings. The molecule has 98 valence electrons. The minimum absolute atomic E-state index is 0.485. The van der Waals surface area contributed by atoms with Crippen molar-refractivity contribution >= 4 is 0 Å². The Labute approximate surface area is 114 Å². The highest BCUT2D eigenvalue weighted by molar-refractivity contribution is 5.31. The van der Waals surface area contributed by atoms with Crippen molar-refractivity contribution in [3.05, 3.63) is 59.4 Å². The number of hydrogen-bond acceptors (Lipinski definition) is 2. The maximum absolute atomic E-state index is 8.79. The van der Waals surface area contributed by atoms with Crippen molar-refractivity contribution in [3.63, 3.8) is 0 Å². The Morgan fingerprint density at radius 3 is 2.58 bits per heavy atom. The van der Waals surface area contributed by atoms with Crippen molar-refractivity contribution in [2.45, 2.75) is 33.0 Å². The van der Waals surface area contributed by atoms with Crippen molar-refractivity contribution in [1.29, 1.82) is 5.26 Å². The van der Waals surface area contributed by atoms with Gasteiger partial charge in [-0.05, 0) is 29.8 Å². The number of benzene rings is 1. The van der Waals surface area contributed by atoms with Gasteiger partial charge in [-0.3, -0.25) is 0 Å². The quantitative estimate of drug-likeness (QED) is 0.890. The third-order valence-corrected chi connectivity index (χ3v) is 3.05. The molecular weight excluding hydrogens is 234 g/mol. The highest BCUT2D eigenvalue weighted by Crippen LogP contribution is 2.09. The SMILES string of the molecule is CC(C)NCc1cccn1Cc1ccc(C#N)cc1. The van der Waals surface area contributed by atoms with Gasteiger partial charge < -0.3 is 9.88 Å². The van der Waals surface area contributed by atoms with Gasteiger partial charge in [0.05, 0.1) is 11.6 Å². The molecule has 1 aromatic heterocycles. The van der Waals surface area contributed by atoms with Gasteiger partial charge in [0.15, 0.2) is 0 Å². The van der Waals surface area contributed by atoms with Gasteiger partial charge >= 0.3 is 0 Å². The molecule has 0 radical (unpaired) electrons. The zero-order valence-corrected chi connectivity index (χ0v) is 11.4. The van der Waals surface area contributed by atoms with Gasteiger partial charge in [0.2, 0.25) is 0 Å². The van der Waals surface area contributed by atoms with E-state index in [0.717, 1.165) is 13.1 Å². The lowest BCUT2D eigenvalue weighted by molar-refractivity contribution is 0.564. The molecule has 1 aromatic carbocycles. The van der Waals surface area contributed by atoms with Crippen LogP contribution in [0.5, 0.6) is 0 Å². The molecule has 0 aliphatic rings. The van der Waals surface area contributed by atoms with Crippen LogP contribution in [0.3, 0.4) is 0 Å². The Morgan fingerprint density at radius 2 is 1.95 bits per heavy atom. The van der Waals surface area contributed by atoms with E-state index in [0.29, 0.717) is 11.6 Å². The summed E-state index contributed by atoms with van der Waals surface area (Å²) in [6.07, 6.45) is 2.09. The van der Waals surface area contributed by atoms with Crippen LogP contribution in [0.15, 0.2) is 42.6 Å². The summed E-state index contributed by atoms with van der Waals surface area (Å²) in [7, 11) is 0. The van der Waals surface area contributed by atoms with Crippen LogP contribution in [0.1, 0.15) is 30.7 Å². The van der Waals surface area contributed by atoms with Crippen LogP contribution in [0, 0.1) is 11.3 Å². The van der Waals surface area contributed by atoms with E-state index in [9.17, 15) is 0 Å². The first-order valence-corrected chi connectivity index (χ1v) is 6.55. The van der Waals surface area contributed by atoms with Crippen LogP contribution in [0.25, 0.3) is 0 Å². The van der Waals surface area contributed by atoms with E-state index in [-0.39, 0.29) is 0 Å². The fourth-order valence-corrected chi connectivity index (χ4v) is 1.95. The van der Waals surface area contributed by atoms with Crippen molar-refractivity contribution in [2.24, 2.45) is 0 Å². The summed E-state index contributed by atoms with van der Waals surface area (Å²) in [6.45, 7) is 6.01. The number of rotatable bonds is 5. The molecule has 19 heavy (non-hydrogen) atoms. The summed E-state index contributed by atoms with van der Waals surface area (Å²) < 4.78 is 2.23. The first kappa shape index (κ1) is 13.4. The molecular formula is C16H19N3. The Bertz CT molecular complexity index is 558. The minimum atomic E-state index is 0.485. The Morgan fingerprint density at radius 1 is 1.21 bits per heavy atom. The molecule has 0 spiro atoms. The largest absolute Gasteiger partial charge is 0.346 e. The molecule has 0 saturated heterocycles. The second kappa shape index (κ2) is 6.21. The van der Waals surface area contributed by atoms with Gasteiger partial charge in [-0.15, -0.1) is 0 Å². The zero-order valence-electron chi connectivity index (χ0n) is 11.4. The zero-order chi connectivity index (χ0) is 13.7. The maximum Gasteiger partial charge on any atom is 0.0991 e. The molecule has 0 bridgehead atoms. The number of aromatic nitrogens is 1. The van der Waals surface area contributed by atoms with Gasteiger partial charge in [-0.2, -0.15) is 5.26 Å². The van der Waals surface area contributed by atoms with Crippen molar-refractivity contribution in [2.75, 3.05) is 0 Å². The van der Waals surface area contributed by atoms with Crippen molar-refractivity contribution in [1.82, 2.24) is 9.88 Å². The van der Waals surface area contributed by atoms with Crippen LogP contribution >= 0.6 is 0 Å². The van der Waals surface area contributed by atoms with E-state index in [1.54, 1.807) is 0 Å². The van der Waals surface area contributed by atoms with Crippen LogP contribution in [-0.2, 0) is 13.1 Å². The van der Waals surface area contributed by atoms with Crippen molar-refractivity contribution < 1.29 is 0 Å². The van der Waals surface area contributed by atoms with Crippen LogP contribution < -0.4 is 5.32 Å². The summed E-state index contributed by atoms with van der Waals surface area (Å²) in [5.74, 6) is 0. The predicted molar refractivity (Wildman–Crippen MR) is 76.7 cm³/mol. The molecule has 1 heterocycles. The third kappa shape index (κ3) is 3.70. The summed E-state index contributed by atoms with van der Waals surface area (Å²) in [4.78, 5) is 0. The van der Waals surface area contributed by atoms with E-state index in [4.69, 9.17) is 5.26 Å². The van der Waals surface area contributed by atoms with Crippen LogP contribution in [-0.4, -0.2) is 10.6 Å². The average Bonchev–Trinajstić information content (AvgIpc) is 2.84. The third-order valence-electron chi connectivity index (χ3n) is 3.05. The second-order valence-electron chi connectivity index (χ2n) is 4.97. The predicted octanol–water partition coefficient (Wildman–Crippen LogP) is 2.91. The molecule has 0 saturated carbocycles. The second-order valence-corrected chi connectivity index (χ2v) is 4.97. The summed E-state index contributed by atoms with van der Waals surface area (Å²) in [6, 6.07) is 14.6. The molecule has 2 aromatic rings. The molecule has 0 aliphatic heterocycles. The summed E-state index contributed by atoms with van der Waals surface area (Å²) >= 11 is 0. The molecule has 0 aliphatic carbocycles. The van der Waals surface area contributed by atoms with E-state index in [1.807, 2.05) is 24.3 Å². The monoisotopic (exact) mass is 253 g/mol. The first-order chi connectivity index (χ1) is 9.19. The fourth-order valence-electron chi connectivity index (χ4n) is 1.95. The highest BCUT2D eigenvalue weighted by Gasteiger charge is 2.03. The van der Waals surface area contributed by atoms with Gasteiger partial charge in [0.25, 0.3) is 0 Å². The van der Waals surface area contributed by atoms with Gasteiger partial charge in [0.1, 0.15) is 0 Å². The van der Waals surface area contributed by atoms with Gasteiger partial charge in [0, 0.05) is 31.0 Å². The molecule has 3 heteroatoms. The van der Waals surface area contributed by atoms with E-state index < -0.39 is 0 Å². The standard InChI is InChI=1S/C16H19N3/c1-13(2)18-11-16-4-3-9-19(16)12-15-7-5-14(10-17)6-8-15/h3-9,13,18H,11-12H2,1-2H3. The Balaban J connectivity index is 2.06. The maximum atomic E-state index is 8.79. The van der Waals surface area contributed by atoms with Crippen LogP contribution in [0.4, 0.5) is 0 Å². The number of nitriles is 1. The first-order valence-electron chi connectivity index (χ1n) is 6.55. The van der Waals surface area contributed by atoms with E-state index in [2.05, 4.69) is 48.1 Å². The minimum Gasteiger partial charge on any atom is -0.346 e.